The van der Waals surface area contributed by atoms with Crippen molar-refractivity contribution in [2.75, 3.05) is 0 Å². The number of rotatable bonds is 4. The molecular weight excluding hydrogens is 218 g/mol. The molecule has 0 heterocycles. The molecule has 1 rings (SSSR count). The van der Waals surface area contributed by atoms with E-state index in [1.807, 2.05) is 13.0 Å². The van der Waals surface area contributed by atoms with Gasteiger partial charge in [0.15, 0.2) is 0 Å². The van der Waals surface area contributed by atoms with E-state index >= 15 is 0 Å². The van der Waals surface area contributed by atoms with Gasteiger partial charge in [0, 0.05) is 5.71 Å². The zero-order valence-electron chi connectivity index (χ0n) is 12.2. The first kappa shape index (κ1) is 14.4. The minimum absolute atomic E-state index is 0.963. The van der Waals surface area contributed by atoms with Crippen LogP contribution in [0.4, 0.5) is 0 Å². The molecule has 0 fully saturated rings. The number of benzene rings is 1. The lowest BCUT2D eigenvalue weighted by molar-refractivity contribution is 1.11. The fourth-order valence-corrected chi connectivity index (χ4v) is 1.92. The van der Waals surface area contributed by atoms with Gasteiger partial charge < -0.3 is 0 Å². The van der Waals surface area contributed by atoms with Gasteiger partial charge in [-0.15, -0.1) is 0 Å². The number of nitrogens with zero attached hydrogens (tertiary/aromatic N) is 1. The van der Waals surface area contributed by atoms with Gasteiger partial charge in [0.05, 0.1) is 5.70 Å². The predicted octanol–water partition coefficient (Wildman–Crippen LogP) is 4.85. The van der Waals surface area contributed by atoms with E-state index in [0.29, 0.717) is 0 Å². The molecule has 0 N–H and O–H groups in total. The lowest BCUT2D eigenvalue weighted by Gasteiger charge is -2.07. The molecule has 1 aromatic carbocycles. The molecule has 0 amide bonds. The van der Waals surface area contributed by atoms with Crippen molar-refractivity contribution in [1.82, 2.24) is 0 Å². The van der Waals surface area contributed by atoms with Crippen molar-refractivity contribution in [3.63, 3.8) is 0 Å². The van der Waals surface area contributed by atoms with Gasteiger partial charge in [0.1, 0.15) is 0 Å². The van der Waals surface area contributed by atoms with Gasteiger partial charge in [-0.1, -0.05) is 31.2 Å². The van der Waals surface area contributed by atoms with E-state index in [0.717, 1.165) is 17.8 Å². The Labute approximate surface area is 111 Å². The number of aliphatic imine (C=N–C) groups is 1. The van der Waals surface area contributed by atoms with E-state index in [1.165, 1.54) is 22.3 Å². The van der Waals surface area contributed by atoms with Gasteiger partial charge in [-0.05, 0) is 62.9 Å². The standard InChI is InChI=1S/C17H23N/c1-7-15-9-10-16(11-13(15)5)14(6)18-17(8-2)12(3)4/h8-11H,2,7H2,1,3-6H3/b18-14+. The minimum Gasteiger partial charge on any atom is -0.253 e. The fraction of sp³-hybridized carbons (Fsp3) is 0.353. The highest BCUT2D eigenvalue weighted by Gasteiger charge is 2.02. The van der Waals surface area contributed by atoms with Crippen molar-refractivity contribution < 1.29 is 0 Å². The van der Waals surface area contributed by atoms with E-state index in [1.54, 1.807) is 0 Å². The van der Waals surface area contributed by atoms with Crippen molar-refractivity contribution in [1.29, 1.82) is 0 Å². The lowest BCUT2D eigenvalue weighted by atomic mass is 10.0. The van der Waals surface area contributed by atoms with E-state index in [9.17, 15) is 0 Å². The molecule has 0 saturated carbocycles. The molecule has 0 aliphatic carbocycles. The highest BCUT2D eigenvalue weighted by Crippen LogP contribution is 2.14. The SMILES string of the molecule is C=CC(/N=C(\C)c1ccc(CC)c(C)c1)=C(C)C. The number of hydrogen-bond donors (Lipinski definition) is 0. The van der Waals surface area contributed by atoms with Crippen LogP contribution in [0.15, 0.2) is 47.1 Å². The Morgan fingerprint density at radius 1 is 1.28 bits per heavy atom. The molecule has 0 spiro atoms. The molecule has 1 aromatic rings. The quantitative estimate of drug-likeness (QED) is 0.528. The highest BCUT2D eigenvalue weighted by molar-refractivity contribution is 5.99. The van der Waals surface area contributed by atoms with Crippen LogP contribution in [0.3, 0.4) is 0 Å². The summed E-state index contributed by atoms with van der Waals surface area (Å²) in [5, 5.41) is 0. The third kappa shape index (κ3) is 3.43. The van der Waals surface area contributed by atoms with Crippen molar-refractivity contribution in [3.05, 3.63) is 58.8 Å². The third-order valence-electron chi connectivity index (χ3n) is 3.14. The van der Waals surface area contributed by atoms with E-state index < -0.39 is 0 Å². The largest absolute Gasteiger partial charge is 0.253 e. The van der Waals surface area contributed by atoms with Crippen molar-refractivity contribution in [3.8, 4) is 0 Å². The monoisotopic (exact) mass is 241 g/mol. The molecular formula is C17H23N. The Bertz CT molecular complexity index is 500. The number of allylic oxidation sites excluding steroid dienone is 2. The van der Waals surface area contributed by atoms with Crippen LogP contribution in [0.5, 0.6) is 0 Å². The lowest BCUT2D eigenvalue weighted by Crippen LogP contribution is -1.98. The Kier molecular flexibility index (Phi) is 5.08. The Hall–Kier alpha value is -1.63. The first-order valence-electron chi connectivity index (χ1n) is 6.44. The first-order valence-corrected chi connectivity index (χ1v) is 6.44. The van der Waals surface area contributed by atoms with Crippen LogP contribution < -0.4 is 0 Å². The molecule has 0 aliphatic heterocycles. The third-order valence-corrected chi connectivity index (χ3v) is 3.14. The summed E-state index contributed by atoms with van der Waals surface area (Å²) in [5.74, 6) is 0. The van der Waals surface area contributed by atoms with Gasteiger partial charge in [-0.3, -0.25) is 4.99 Å². The van der Waals surface area contributed by atoms with Crippen LogP contribution in [-0.4, -0.2) is 5.71 Å². The van der Waals surface area contributed by atoms with E-state index in [-0.39, 0.29) is 0 Å². The summed E-state index contributed by atoms with van der Waals surface area (Å²) in [7, 11) is 0. The van der Waals surface area contributed by atoms with Crippen LogP contribution in [-0.2, 0) is 6.42 Å². The second-order valence-electron chi connectivity index (χ2n) is 4.78. The molecule has 1 nitrogen and oxygen atoms in total. The van der Waals surface area contributed by atoms with Gasteiger partial charge in [0.2, 0.25) is 0 Å². The van der Waals surface area contributed by atoms with Crippen LogP contribution in [0.2, 0.25) is 0 Å². The summed E-state index contributed by atoms with van der Waals surface area (Å²) >= 11 is 0. The molecule has 0 atom stereocenters. The number of aryl methyl sites for hydroxylation is 2. The first-order chi connectivity index (χ1) is 8.49. The van der Waals surface area contributed by atoms with Crippen LogP contribution in [0.1, 0.15) is 44.4 Å². The second-order valence-corrected chi connectivity index (χ2v) is 4.78. The molecule has 96 valence electrons. The molecule has 18 heavy (non-hydrogen) atoms. The molecule has 0 aliphatic rings. The van der Waals surface area contributed by atoms with E-state index in [4.69, 9.17) is 0 Å². The summed E-state index contributed by atoms with van der Waals surface area (Å²) in [5.41, 5.74) is 7.11. The summed E-state index contributed by atoms with van der Waals surface area (Å²) in [6, 6.07) is 6.56. The maximum absolute atomic E-state index is 4.64. The van der Waals surface area contributed by atoms with Gasteiger partial charge >= 0.3 is 0 Å². The Morgan fingerprint density at radius 2 is 1.94 bits per heavy atom. The average Bonchev–Trinajstić information content (AvgIpc) is 2.35. The molecule has 0 unspecified atom stereocenters. The minimum atomic E-state index is 0.963. The van der Waals surface area contributed by atoms with Gasteiger partial charge in [0.25, 0.3) is 0 Å². The molecule has 0 bridgehead atoms. The highest BCUT2D eigenvalue weighted by atomic mass is 14.7. The average molecular weight is 241 g/mol. The van der Waals surface area contributed by atoms with Crippen molar-refractivity contribution in [2.45, 2.75) is 41.0 Å². The zero-order valence-corrected chi connectivity index (χ0v) is 12.2. The summed E-state index contributed by atoms with van der Waals surface area (Å²) in [6.45, 7) is 14.3. The van der Waals surface area contributed by atoms with Crippen LogP contribution >= 0.6 is 0 Å². The van der Waals surface area contributed by atoms with Crippen LogP contribution in [0.25, 0.3) is 0 Å². The normalized spacial score (nSPS) is 11.3. The maximum Gasteiger partial charge on any atom is 0.0613 e. The summed E-state index contributed by atoms with van der Waals surface area (Å²) < 4.78 is 0. The van der Waals surface area contributed by atoms with Crippen molar-refractivity contribution in [2.24, 2.45) is 4.99 Å². The molecule has 0 saturated heterocycles. The van der Waals surface area contributed by atoms with Crippen molar-refractivity contribution >= 4 is 5.71 Å². The summed E-state index contributed by atoms with van der Waals surface area (Å²) in [6.07, 6.45) is 2.89. The topological polar surface area (TPSA) is 12.4 Å². The van der Waals surface area contributed by atoms with Crippen LogP contribution in [0, 0.1) is 6.92 Å². The second kappa shape index (κ2) is 6.34. The van der Waals surface area contributed by atoms with Gasteiger partial charge in [-0.25, -0.2) is 0 Å². The smallest absolute Gasteiger partial charge is 0.0613 e. The molecule has 1 heteroatoms. The molecule has 0 radical (unpaired) electrons. The van der Waals surface area contributed by atoms with Gasteiger partial charge in [-0.2, -0.15) is 0 Å². The molecule has 0 aromatic heterocycles. The Balaban J connectivity index is 3.15. The fourth-order valence-electron chi connectivity index (χ4n) is 1.92. The number of hydrogen-bond acceptors (Lipinski definition) is 1. The predicted molar refractivity (Wildman–Crippen MR) is 81.3 cm³/mol. The Morgan fingerprint density at radius 3 is 2.39 bits per heavy atom. The zero-order chi connectivity index (χ0) is 13.7. The maximum atomic E-state index is 4.64. The van der Waals surface area contributed by atoms with E-state index in [2.05, 4.69) is 57.5 Å². The summed E-state index contributed by atoms with van der Waals surface area (Å²) in [4.78, 5) is 4.64.